The molecule has 1 unspecified atom stereocenters. The predicted molar refractivity (Wildman–Crippen MR) is 102 cm³/mol. The van der Waals surface area contributed by atoms with Crippen molar-refractivity contribution in [3.63, 3.8) is 0 Å². The van der Waals surface area contributed by atoms with E-state index in [2.05, 4.69) is 62.4 Å². The number of rotatable bonds is 5. The Labute approximate surface area is 156 Å². The SMILES string of the molecule is COc1ccc([C@@H]2CCC(C[C@H](C)c3cccc(C)c3)C2)cc1.O=C=O. The fourth-order valence-electron chi connectivity index (χ4n) is 4.08. The van der Waals surface area contributed by atoms with E-state index in [1.54, 1.807) is 7.11 Å². The molecule has 3 nitrogen and oxygen atoms in total. The van der Waals surface area contributed by atoms with Gasteiger partial charge in [-0.3, -0.25) is 0 Å². The van der Waals surface area contributed by atoms with E-state index < -0.39 is 0 Å². The van der Waals surface area contributed by atoms with Gasteiger partial charge >= 0.3 is 6.15 Å². The summed E-state index contributed by atoms with van der Waals surface area (Å²) in [6.07, 6.45) is 5.60. The summed E-state index contributed by atoms with van der Waals surface area (Å²) in [4.78, 5) is 16.2. The highest BCUT2D eigenvalue weighted by molar-refractivity contribution is 5.30. The van der Waals surface area contributed by atoms with Crippen molar-refractivity contribution in [1.82, 2.24) is 0 Å². The van der Waals surface area contributed by atoms with Crippen molar-refractivity contribution in [2.24, 2.45) is 5.92 Å². The zero-order valence-corrected chi connectivity index (χ0v) is 15.9. The molecule has 3 atom stereocenters. The summed E-state index contributed by atoms with van der Waals surface area (Å²) in [5.74, 6) is 3.21. The lowest BCUT2D eigenvalue weighted by Gasteiger charge is -2.18. The Bertz CT molecular complexity index is 714. The molecule has 138 valence electrons. The van der Waals surface area contributed by atoms with E-state index in [0.717, 1.165) is 17.6 Å². The quantitative estimate of drug-likeness (QED) is 0.714. The van der Waals surface area contributed by atoms with E-state index in [1.165, 1.54) is 42.4 Å². The molecule has 2 aromatic rings. The molecule has 0 aromatic heterocycles. The molecule has 0 aliphatic heterocycles. The molecule has 0 N–H and O–H groups in total. The van der Waals surface area contributed by atoms with Gasteiger partial charge < -0.3 is 4.74 Å². The second-order valence-corrected chi connectivity index (χ2v) is 7.28. The Morgan fingerprint density at radius 2 is 1.81 bits per heavy atom. The predicted octanol–water partition coefficient (Wildman–Crippen LogP) is 5.50. The summed E-state index contributed by atoms with van der Waals surface area (Å²) in [6.45, 7) is 4.57. The fourth-order valence-corrected chi connectivity index (χ4v) is 4.08. The Morgan fingerprint density at radius 1 is 1.12 bits per heavy atom. The molecule has 0 radical (unpaired) electrons. The van der Waals surface area contributed by atoms with E-state index in [1.807, 2.05) is 0 Å². The van der Waals surface area contributed by atoms with E-state index >= 15 is 0 Å². The molecular formula is C23H28O3. The summed E-state index contributed by atoms with van der Waals surface area (Å²) >= 11 is 0. The Hall–Kier alpha value is -2.38. The van der Waals surface area contributed by atoms with Crippen LogP contribution in [0.4, 0.5) is 0 Å². The van der Waals surface area contributed by atoms with Gasteiger partial charge in [0.1, 0.15) is 5.75 Å². The van der Waals surface area contributed by atoms with Crippen molar-refractivity contribution in [2.45, 2.75) is 51.4 Å². The summed E-state index contributed by atoms with van der Waals surface area (Å²) < 4.78 is 5.26. The molecule has 2 aromatic carbocycles. The number of aryl methyl sites for hydroxylation is 1. The molecule has 0 spiro atoms. The zero-order chi connectivity index (χ0) is 18.9. The Morgan fingerprint density at radius 3 is 2.42 bits per heavy atom. The third-order valence-electron chi connectivity index (χ3n) is 5.43. The highest BCUT2D eigenvalue weighted by atomic mass is 16.5. The van der Waals surface area contributed by atoms with Gasteiger partial charge in [0.2, 0.25) is 0 Å². The van der Waals surface area contributed by atoms with Crippen LogP contribution in [0.15, 0.2) is 48.5 Å². The van der Waals surface area contributed by atoms with Crippen LogP contribution in [0.25, 0.3) is 0 Å². The molecule has 1 fully saturated rings. The van der Waals surface area contributed by atoms with Gasteiger partial charge in [-0.1, -0.05) is 48.9 Å². The normalized spacial score (nSPS) is 19.8. The molecule has 3 heteroatoms. The molecule has 1 aliphatic rings. The molecule has 0 heterocycles. The van der Waals surface area contributed by atoms with Crippen molar-refractivity contribution >= 4 is 6.15 Å². The van der Waals surface area contributed by atoms with Crippen LogP contribution < -0.4 is 4.74 Å². The second kappa shape index (κ2) is 9.94. The maximum atomic E-state index is 8.12. The van der Waals surface area contributed by atoms with Crippen LogP contribution >= 0.6 is 0 Å². The molecule has 0 saturated heterocycles. The van der Waals surface area contributed by atoms with Gasteiger partial charge in [-0.15, -0.1) is 0 Å². The third kappa shape index (κ3) is 5.57. The first-order valence-electron chi connectivity index (χ1n) is 9.27. The van der Waals surface area contributed by atoms with Crippen LogP contribution in [-0.4, -0.2) is 13.3 Å². The van der Waals surface area contributed by atoms with Crippen LogP contribution in [0.1, 0.15) is 61.1 Å². The second-order valence-electron chi connectivity index (χ2n) is 7.28. The van der Waals surface area contributed by atoms with Gasteiger partial charge in [-0.2, -0.15) is 9.59 Å². The minimum absolute atomic E-state index is 0.250. The van der Waals surface area contributed by atoms with Crippen molar-refractivity contribution in [3.05, 3.63) is 65.2 Å². The van der Waals surface area contributed by atoms with Gasteiger partial charge in [-0.25, -0.2) is 0 Å². The molecule has 0 bridgehead atoms. The lowest BCUT2D eigenvalue weighted by Crippen LogP contribution is -2.03. The molecular weight excluding hydrogens is 324 g/mol. The highest BCUT2D eigenvalue weighted by Gasteiger charge is 2.27. The standard InChI is InChI=1S/C22H28O.CO2/c1-16-5-4-6-20(13-16)17(2)14-18-7-8-21(15-18)19-9-11-22(23-3)12-10-19;2-1-3/h4-6,9-13,17-18,21H,7-8,14-15H2,1-3H3;/t17-,18?,21+;/m0./s1. The summed E-state index contributed by atoms with van der Waals surface area (Å²) in [5, 5.41) is 0. The van der Waals surface area contributed by atoms with Crippen molar-refractivity contribution in [3.8, 4) is 5.75 Å². The summed E-state index contributed by atoms with van der Waals surface area (Å²) in [7, 11) is 1.73. The monoisotopic (exact) mass is 352 g/mol. The third-order valence-corrected chi connectivity index (χ3v) is 5.43. The van der Waals surface area contributed by atoms with Crippen LogP contribution in [0, 0.1) is 12.8 Å². The first-order chi connectivity index (χ1) is 12.6. The molecule has 1 saturated carbocycles. The van der Waals surface area contributed by atoms with Gasteiger partial charge in [0.05, 0.1) is 7.11 Å². The summed E-state index contributed by atoms with van der Waals surface area (Å²) in [6, 6.07) is 17.7. The Balaban J connectivity index is 0.000000758. The number of methoxy groups -OCH3 is 1. The van der Waals surface area contributed by atoms with Gasteiger partial charge in [0.25, 0.3) is 0 Å². The maximum absolute atomic E-state index is 8.12. The number of hydrogen-bond acceptors (Lipinski definition) is 3. The summed E-state index contributed by atoms with van der Waals surface area (Å²) in [5.41, 5.74) is 4.35. The lowest BCUT2D eigenvalue weighted by atomic mass is 9.87. The topological polar surface area (TPSA) is 43.4 Å². The van der Waals surface area contributed by atoms with Crippen LogP contribution in [0.5, 0.6) is 5.75 Å². The van der Waals surface area contributed by atoms with Gasteiger partial charge in [-0.05, 0) is 73.6 Å². The molecule has 1 aliphatic carbocycles. The lowest BCUT2D eigenvalue weighted by molar-refractivity contribution is -0.191. The van der Waals surface area contributed by atoms with Crippen LogP contribution in [0.3, 0.4) is 0 Å². The zero-order valence-electron chi connectivity index (χ0n) is 15.9. The van der Waals surface area contributed by atoms with Crippen molar-refractivity contribution in [2.75, 3.05) is 7.11 Å². The highest BCUT2D eigenvalue weighted by Crippen LogP contribution is 2.42. The van der Waals surface area contributed by atoms with E-state index in [4.69, 9.17) is 14.3 Å². The number of hydrogen-bond donors (Lipinski definition) is 0. The molecule has 26 heavy (non-hydrogen) atoms. The van der Waals surface area contributed by atoms with E-state index in [0.29, 0.717) is 5.92 Å². The first kappa shape index (κ1) is 19.9. The fraction of sp³-hybridized carbons (Fsp3) is 0.435. The van der Waals surface area contributed by atoms with Gasteiger partial charge in [0.15, 0.2) is 0 Å². The number of ether oxygens (including phenoxy) is 1. The number of carbonyl (C=O) groups excluding carboxylic acids is 2. The molecule has 3 rings (SSSR count). The Kier molecular flexibility index (Phi) is 7.62. The van der Waals surface area contributed by atoms with E-state index in [9.17, 15) is 0 Å². The first-order valence-corrected chi connectivity index (χ1v) is 9.27. The van der Waals surface area contributed by atoms with Gasteiger partial charge in [0, 0.05) is 0 Å². The minimum Gasteiger partial charge on any atom is -0.497 e. The smallest absolute Gasteiger partial charge is 0.373 e. The van der Waals surface area contributed by atoms with Crippen molar-refractivity contribution < 1.29 is 14.3 Å². The van der Waals surface area contributed by atoms with Crippen molar-refractivity contribution in [1.29, 1.82) is 0 Å². The average molecular weight is 352 g/mol. The molecule has 0 amide bonds. The van der Waals surface area contributed by atoms with Crippen LogP contribution in [-0.2, 0) is 9.59 Å². The van der Waals surface area contributed by atoms with Crippen LogP contribution in [0.2, 0.25) is 0 Å². The number of benzene rings is 2. The largest absolute Gasteiger partial charge is 0.497 e. The minimum atomic E-state index is 0.250. The van der Waals surface area contributed by atoms with E-state index in [-0.39, 0.29) is 6.15 Å². The maximum Gasteiger partial charge on any atom is 0.373 e. The average Bonchev–Trinajstić information content (AvgIpc) is 3.11.